The Bertz CT molecular complexity index is 1060. The molecule has 5 heteroatoms. The molecule has 1 heterocycles. The van der Waals surface area contributed by atoms with Gasteiger partial charge in [0.1, 0.15) is 5.82 Å². The summed E-state index contributed by atoms with van der Waals surface area (Å²) in [5.74, 6) is 1.15. The van der Waals surface area contributed by atoms with E-state index in [1.807, 2.05) is 17.3 Å². The summed E-state index contributed by atoms with van der Waals surface area (Å²) >= 11 is 0. The van der Waals surface area contributed by atoms with Crippen molar-refractivity contribution < 1.29 is 0 Å². The third kappa shape index (κ3) is 8.56. The SMILES string of the molecule is C=CNCCC(CCc1c(C)cccc1C)C(=C)/C=C(/NCc1cccnc1)N(N=C)C(C)=C(C)C. The van der Waals surface area contributed by atoms with E-state index < -0.39 is 0 Å². The van der Waals surface area contributed by atoms with Crippen molar-refractivity contribution in [1.82, 2.24) is 20.6 Å². The van der Waals surface area contributed by atoms with Gasteiger partial charge in [-0.25, -0.2) is 5.01 Å². The van der Waals surface area contributed by atoms with Gasteiger partial charge in [-0.1, -0.05) is 43.0 Å². The molecule has 5 nitrogen and oxygen atoms in total. The van der Waals surface area contributed by atoms with Crippen LogP contribution in [0.25, 0.3) is 0 Å². The molecule has 0 spiro atoms. The largest absolute Gasteiger partial charge is 0.391 e. The van der Waals surface area contributed by atoms with Crippen molar-refractivity contribution in [2.24, 2.45) is 11.0 Å². The van der Waals surface area contributed by atoms with Crippen LogP contribution in [0.15, 0.2) is 95.9 Å². The number of aryl methyl sites for hydroxylation is 2. The molecule has 0 bridgehead atoms. The van der Waals surface area contributed by atoms with Gasteiger partial charge in [-0.15, -0.1) is 0 Å². The van der Waals surface area contributed by atoms with E-state index in [0.29, 0.717) is 12.5 Å². The molecular weight excluding hydrogens is 442 g/mol. The molecular formula is C31H43N5. The van der Waals surface area contributed by atoms with Crippen LogP contribution in [0.4, 0.5) is 0 Å². The normalized spacial score (nSPS) is 11.9. The van der Waals surface area contributed by atoms with Crippen LogP contribution < -0.4 is 10.6 Å². The zero-order valence-corrected chi connectivity index (χ0v) is 22.8. The summed E-state index contributed by atoms with van der Waals surface area (Å²) in [6.07, 6.45) is 10.5. The predicted octanol–water partition coefficient (Wildman–Crippen LogP) is 6.79. The van der Waals surface area contributed by atoms with Crippen LogP contribution in [0.2, 0.25) is 0 Å². The minimum Gasteiger partial charge on any atom is -0.391 e. The molecule has 36 heavy (non-hydrogen) atoms. The lowest BCUT2D eigenvalue weighted by atomic mass is 9.87. The highest BCUT2D eigenvalue weighted by molar-refractivity contribution is 5.34. The number of benzene rings is 1. The summed E-state index contributed by atoms with van der Waals surface area (Å²) in [5, 5.41) is 13.0. The summed E-state index contributed by atoms with van der Waals surface area (Å²) < 4.78 is 0. The summed E-state index contributed by atoms with van der Waals surface area (Å²) in [7, 11) is 0. The fraction of sp³-hybridized carbons (Fsp3) is 0.355. The summed E-state index contributed by atoms with van der Waals surface area (Å²) in [5.41, 5.74) is 8.48. The summed E-state index contributed by atoms with van der Waals surface area (Å²) in [4.78, 5) is 4.24. The van der Waals surface area contributed by atoms with Crippen LogP contribution in [0.5, 0.6) is 0 Å². The maximum absolute atomic E-state index is 4.52. The average Bonchev–Trinajstić information content (AvgIpc) is 2.86. The fourth-order valence-electron chi connectivity index (χ4n) is 4.19. The second-order valence-electron chi connectivity index (χ2n) is 9.41. The first-order valence-corrected chi connectivity index (χ1v) is 12.6. The molecule has 1 atom stereocenters. The first kappa shape index (κ1) is 28.6. The highest BCUT2D eigenvalue weighted by Gasteiger charge is 2.17. The van der Waals surface area contributed by atoms with Crippen molar-refractivity contribution in [3.63, 3.8) is 0 Å². The third-order valence-corrected chi connectivity index (χ3v) is 6.62. The third-order valence-electron chi connectivity index (χ3n) is 6.62. The molecule has 2 rings (SSSR count). The van der Waals surface area contributed by atoms with E-state index >= 15 is 0 Å². The zero-order chi connectivity index (χ0) is 26.5. The van der Waals surface area contributed by atoms with E-state index in [9.17, 15) is 0 Å². The van der Waals surface area contributed by atoms with E-state index in [1.165, 1.54) is 22.3 Å². The molecule has 0 aliphatic carbocycles. The molecule has 0 aliphatic rings. The molecule has 0 fully saturated rings. The molecule has 0 saturated heterocycles. The van der Waals surface area contributed by atoms with Gasteiger partial charge in [0.2, 0.25) is 0 Å². The number of allylic oxidation sites excluding steroid dienone is 4. The van der Waals surface area contributed by atoms with E-state index in [2.05, 4.69) is 106 Å². The number of hydrogen-bond acceptors (Lipinski definition) is 5. The Morgan fingerprint density at radius 3 is 2.42 bits per heavy atom. The van der Waals surface area contributed by atoms with Crippen LogP contribution >= 0.6 is 0 Å². The maximum atomic E-state index is 4.52. The van der Waals surface area contributed by atoms with E-state index in [4.69, 9.17) is 0 Å². The van der Waals surface area contributed by atoms with Gasteiger partial charge in [-0.05, 0) is 106 Å². The number of aromatic nitrogens is 1. The standard InChI is InChI=1S/C31H43N5/c1-9-33-19-17-29(15-16-30-24(4)12-10-13-25(30)5)26(6)20-31(36(32-8)27(7)23(2)3)35-22-28-14-11-18-34-21-28/h9-14,18,20-21,29,33,35H,1,6,8,15-17,19,22H2,2-5,7H3/b31-20-. The minimum atomic E-state index is 0.297. The average molecular weight is 486 g/mol. The van der Waals surface area contributed by atoms with Gasteiger partial charge in [0.15, 0.2) is 0 Å². The second kappa shape index (κ2) is 14.7. The molecule has 0 aliphatic heterocycles. The highest BCUT2D eigenvalue weighted by atomic mass is 15.5. The van der Waals surface area contributed by atoms with E-state index in [1.54, 1.807) is 12.4 Å². The van der Waals surface area contributed by atoms with Gasteiger partial charge >= 0.3 is 0 Å². The quantitative estimate of drug-likeness (QED) is 0.126. The number of nitrogens with zero attached hydrogens (tertiary/aromatic N) is 3. The van der Waals surface area contributed by atoms with Crippen LogP contribution in [0, 0.1) is 19.8 Å². The molecule has 1 aromatic heterocycles. The molecule has 2 aromatic rings. The Hall–Kier alpha value is -3.60. The van der Waals surface area contributed by atoms with E-state index in [0.717, 1.165) is 48.5 Å². The molecule has 1 aromatic carbocycles. The molecule has 0 amide bonds. The van der Waals surface area contributed by atoms with Crippen LogP contribution in [0.3, 0.4) is 0 Å². The van der Waals surface area contributed by atoms with Gasteiger partial charge in [-0.2, -0.15) is 5.10 Å². The lowest BCUT2D eigenvalue weighted by Gasteiger charge is -2.26. The predicted molar refractivity (Wildman–Crippen MR) is 154 cm³/mol. The van der Waals surface area contributed by atoms with Gasteiger partial charge in [-0.3, -0.25) is 4.98 Å². The zero-order valence-electron chi connectivity index (χ0n) is 22.8. The smallest absolute Gasteiger partial charge is 0.128 e. The Morgan fingerprint density at radius 1 is 1.11 bits per heavy atom. The molecule has 0 radical (unpaired) electrons. The lowest BCUT2D eigenvalue weighted by molar-refractivity contribution is 0.410. The number of hydrogen-bond donors (Lipinski definition) is 2. The van der Waals surface area contributed by atoms with Crippen molar-refractivity contribution in [3.05, 3.63) is 113 Å². The Labute approximate surface area is 218 Å². The van der Waals surface area contributed by atoms with Crippen molar-refractivity contribution in [2.75, 3.05) is 6.54 Å². The van der Waals surface area contributed by atoms with Crippen molar-refractivity contribution in [3.8, 4) is 0 Å². The second-order valence-corrected chi connectivity index (χ2v) is 9.41. The molecule has 0 saturated carbocycles. The van der Waals surface area contributed by atoms with Gasteiger partial charge in [0.25, 0.3) is 0 Å². The van der Waals surface area contributed by atoms with Gasteiger partial charge in [0, 0.05) is 37.9 Å². The monoisotopic (exact) mass is 485 g/mol. The molecule has 1 unspecified atom stereocenters. The van der Waals surface area contributed by atoms with Crippen LogP contribution in [-0.2, 0) is 13.0 Å². The lowest BCUT2D eigenvalue weighted by Crippen LogP contribution is -2.27. The van der Waals surface area contributed by atoms with Crippen LogP contribution in [0.1, 0.15) is 55.9 Å². The minimum absolute atomic E-state index is 0.297. The van der Waals surface area contributed by atoms with E-state index in [-0.39, 0.29) is 0 Å². The Morgan fingerprint density at radius 2 is 1.83 bits per heavy atom. The first-order chi connectivity index (χ1) is 17.3. The highest BCUT2D eigenvalue weighted by Crippen LogP contribution is 2.26. The number of pyridine rings is 1. The molecule has 192 valence electrons. The van der Waals surface area contributed by atoms with Crippen molar-refractivity contribution in [1.29, 1.82) is 0 Å². The van der Waals surface area contributed by atoms with Gasteiger partial charge in [0.05, 0.1) is 0 Å². The Kier molecular flexibility index (Phi) is 11.7. The van der Waals surface area contributed by atoms with Crippen LogP contribution in [-0.4, -0.2) is 23.3 Å². The summed E-state index contributed by atoms with van der Waals surface area (Å²) in [6, 6.07) is 10.5. The fourth-order valence-corrected chi connectivity index (χ4v) is 4.19. The maximum Gasteiger partial charge on any atom is 0.128 e. The number of rotatable bonds is 15. The van der Waals surface area contributed by atoms with Gasteiger partial charge < -0.3 is 10.6 Å². The van der Waals surface area contributed by atoms with Crippen molar-refractivity contribution >= 4 is 6.72 Å². The Balaban J connectivity index is 2.34. The number of hydrazone groups is 1. The first-order valence-electron chi connectivity index (χ1n) is 12.6. The topological polar surface area (TPSA) is 52.6 Å². The summed E-state index contributed by atoms with van der Waals surface area (Å²) in [6.45, 7) is 24.2. The van der Waals surface area contributed by atoms with Crippen molar-refractivity contribution in [2.45, 2.75) is 60.4 Å². The molecule has 2 N–H and O–H groups in total. The number of nitrogens with one attached hydrogen (secondary N) is 2.